The van der Waals surface area contributed by atoms with Gasteiger partial charge < -0.3 is 14.9 Å². The zero-order chi connectivity index (χ0) is 26.5. The number of ether oxygens (including phenoxy) is 1. The molecule has 1 fully saturated rings. The molecule has 0 bridgehead atoms. The summed E-state index contributed by atoms with van der Waals surface area (Å²) >= 11 is 0. The second-order valence-corrected chi connectivity index (χ2v) is 17.7. The Morgan fingerprint density at radius 2 is 1.89 bits per heavy atom. The van der Waals surface area contributed by atoms with Crippen molar-refractivity contribution in [1.82, 2.24) is 19.5 Å². The topological polar surface area (TPSA) is 139 Å². The van der Waals surface area contributed by atoms with Crippen LogP contribution in [0, 0.1) is 0 Å². The van der Waals surface area contributed by atoms with Crippen LogP contribution in [0.15, 0.2) is 36.7 Å². The van der Waals surface area contributed by atoms with Gasteiger partial charge in [0, 0.05) is 18.2 Å². The van der Waals surface area contributed by atoms with E-state index in [9.17, 15) is 13.2 Å². The Kier molecular flexibility index (Phi) is 6.84. The van der Waals surface area contributed by atoms with Crippen molar-refractivity contribution in [2.75, 3.05) is 17.7 Å². The molecule has 3 atom stereocenters. The average Bonchev–Trinajstić information content (AvgIpc) is 3.39. The number of aromatic nitrogens is 4. The summed E-state index contributed by atoms with van der Waals surface area (Å²) in [6.07, 6.45) is 0.804. The van der Waals surface area contributed by atoms with Crippen molar-refractivity contribution in [3.8, 4) is 11.5 Å². The van der Waals surface area contributed by atoms with Crippen LogP contribution in [0.2, 0.25) is 18.1 Å². The second-order valence-electron chi connectivity index (χ2n) is 10.8. The minimum Gasteiger partial charge on any atom is -0.411 e. The van der Waals surface area contributed by atoms with Crippen molar-refractivity contribution in [2.24, 2.45) is 0 Å². The molecule has 0 amide bonds. The smallest absolute Gasteiger partial charge is 0.228 e. The number of hydrogen-bond donors (Lipinski definition) is 1. The largest absolute Gasteiger partial charge is 0.411 e. The molecule has 0 radical (unpaired) electrons. The third kappa shape index (κ3) is 5.22. The van der Waals surface area contributed by atoms with E-state index >= 15 is 0 Å². The summed E-state index contributed by atoms with van der Waals surface area (Å²) in [5.41, 5.74) is 7.28. The summed E-state index contributed by atoms with van der Waals surface area (Å²) < 4.78 is 39.0. The number of benzene rings is 1. The molecule has 0 saturated carbocycles. The molecule has 3 aliphatic heterocycles. The molecule has 2 N–H and O–H groups in total. The number of nitrogen functional groups attached to an aromatic ring is 1. The van der Waals surface area contributed by atoms with Gasteiger partial charge in [0.15, 0.2) is 20.0 Å². The lowest BCUT2D eigenvalue weighted by molar-refractivity contribution is -0.00473. The average molecular weight is 532 g/mol. The van der Waals surface area contributed by atoms with E-state index < -0.39 is 36.6 Å². The molecule has 0 unspecified atom stereocenters. The highest BCUT2D eigenvalue weighted by molar-refractivity contribution is 7.90. The van der Waals surface area contributed by atoms with Crippen LogP contribution in [0.4, 0.5) is 5.82 Å². The van der Waals surface area contributed by atoms with E-state index in [1.54, 1.807) is 24.3 Å². The van der Waals surface area contributed by atoms with E-state index in [0.29, 0.717) is 17.7 Å². The molecule has 1 aromatic carbocycles. The Balaban J connectivity index is 1.80. The van der Waals surface area contributed by atoms with Gasteiger partial charge in [-0.1, -0.05) is 51.1 Å². The fourth-order valence-electron chi connectivity index (χ4n) is 4.06. The monoisotopic (exact) mass is 531 g/mol. The Morgan fingerprint density at radius 1 is 1.22 bits per heavy atom. The van der Waals surface area contributed by atoms with Gasteiger partial charge in [0.2, 0.25) is 5.78 Å². The quantitative estimate of drug-likeness (QED) is 0.359. The Bertz CT molecular complexity index is 1340. The van der Waals surface area contributed by atoms with Crippen LogP contribution in [0.3, 0.4) is 0 Å². The Hall–Kier alpha value is -2.67. The number of sulfone groups is 1. The lowest BCUT2D eigenvalue weighted by Crippen LogP contribution is -2.47. The first-order valence-electron chi connectivity index (χ1n) is 11.8. The predicted molar refractivity (Wildman–Crippen MR) is 139 cm³/mol. The molecule has 36 heavy (non-hydrogen) atoms. The first-order valence-corrected chi connectivity index (χ1v) is 16.7. The molecule has 3 heterocycles. The van der Waals surface area contributed by atoms with Crippen molar-refractivity contribution in [3.05, 3.63) is 48.0 Å². The molecule has 194 valence electrons. The van der Waals surface area contributed by atoms with E-state index in [2.05, 4.69) is 48.8 Å². The van der Waals surface area contributed by atoms with Gasteiger partial charge >= 0.3 is 0 Å². The van der Waals surface area contributed by atoms with Crippen LogP contribution in [0.25, 0.3) is 11.5 Å². The number of ketones is 1. The molecule has 10 nitrogen and oxygen atoms in total. The van der Waals surface area contributed by atoms with Crippen molar-refractivity contribution in [2.45, 2.75) is 63.8 Å². The van der Waals surface area contributed by atoms with Crippen molar-refractivity contribution in [3.63, 3.8) is 0 Å². The van der Waals surface area contributed by atoms with E-state index in [-0.39, 0.29) is 34.0 Å². The standard InChI is InChI=1S/C24H33N5O5SSi/c1-24(2,3)36(5,6)34-16-12-18(33-17(16)13-35(4,31)32)29-21(25)19-22(27-14-26-19)28-23(29)20(30)15-10-8-7-9-11-15/h7-11,14,16-18H,12-13,25H2,1-6H3/t16-,17-,18+/m0/s1. The number of carbonyl (C=O) groups is 1. The summed E-state index contributed by atoms with van der Waals surface area (Å²) in [4.78, 5) is 26.4. The zero-order valence-corrected chi connectivity index (χ0v) is 23.2. The summed E-state index contributed by atoms with van der Waals surface area (Å²) in [5.74, 6) is -0.0977. The van der Waals surface area contributed by atoms with E-state index in [1.807, 2.05) is 6.07 Å². The van der Waals surface area contributed by atoms with Gasteiger partial charge in [0.05, 0.1) is 18.0 Å². The summed E-state index contributed by atoms with van der Waals surface area (Å²) in [5, 5.41) is -0.0906. The molecule has 3 aliphatic rings. The van der Waals surface area contributed by atoms with Gasteiger partial charge in [-0.25, -0.2) is 23.4 Å². The highest BCUT2D eigenvalue weighted by Crippen LogP contribution is 2.42. The van der Waals surface area contributed by atoms with Crippen molar-refractivity contribution in [1.29, 1.82) is 0 Å². The minimum atomic E-state index is -3.38. The first kappa shape index (κ1) is 26.4. The number of imidazole rings is 1. The number of nitrogens with two attached hydrogens (primary N) is 1. The number of hydrogen-bond acceptors (Lipinski definition) is 9. The minimum absolute atomic E-state index is 0.0442. The normalized spacial score (nSPS) is 21.2. The van der Waals surface area contributed by atoms with E-state index in [4.69, 9.17) is 14.9 Å². The fraction of sp³-hybridized carbons (Fsp3) is 0.500. The molecule has 0 aromatic heterocycles. The molecule has 4 rings (SSSR count). The summed E-state index contributed by atoms with van der Waals surface area (Å²) in [7, 11) is -5.65. The molecule has 0 aliphatic carbocycles. The predicted octanol–water partition coefficient (Wildman–Crippen LogP) is 3.31. The molecular formula is C24H33N5O5SSi. The first-order chi connectivity index (χ1) is 16.7. The zero-order valence-electron chi connectivity index (χ0n) is 21.4. The SMILES string of the molecule is CC(C)(C)[Si](C)(C)O[C@H]1C[C@H](n2c(C(=O)c3ccccc3)nc3ncnc-3c2N)O[C@H]1CS(C)(=O)=O. The van der Waals surface area contributed by atoms with Crippen LogP contribution in [0.1, 0.15) is 49.6 Å². The van der Waals surface area contributed by atoms with Crippen LogP contribution < -0.4 is 5.73 Å². The lowest BCUT2D eigenvalue weighted by atomic mass is 10.1. The van der Waals surface area contributed by atoms with Gasteiger partial charge in [-0.2, -0.15) is 0 Å². The van der Waals surface area contributed by atoms with E-state index in [1.165, 1.54) is 17.2 Å². The third-order valence-corrected chi connectivity index (χ3v) is 12.4. The fourth-order valence-corrected chi connectivity index (χ4v) is 6.31. The Morgan fingerprint density at radius 3 is 2.50 bits per heavy atom. The number of fused-ring (bicyclic) bond motifs is 1. The lowest BCUT2D eigenvalue weighted by Gasteiger charge is -2.39. The van der Waals surface area contributed by atoms with Gasteiger partial charge in [-0.15, -0.1) is 0 Å². The molecule has 1 saturated heterocycles. The third-order valence-electron chi connectivity index (χ3n) is 6.95. The van der Waals surface area contributed by atoms with Crippen LogP contribution >= 0.6 is 0 Å². The van der Waals surface area contributed by atoms with Gasteiger partial charge in [-0.3, -0.25) is 9.36 Å². The van der Waals surface area contributed by atoms with E-state index in [0.717, 1.165) is 0 Å². The number of carbonyl (C=O) groups excluding carboxylic acids is 1. The van der Waals surface area contributed by atoms with Gasteiger partial charge in [0.25, 0.3) is 0 Å². The van der Waals surface area contributed by atoms with Crippen LogP contribution in [-0.2, 0) is 19.0 Å². The molecule has 0 spiro atoms. The second kappa shape index (κ2) is 9.33. The number of nitrogens with zero attached hydrogens (tertiary/aromatic N) is 4. The Labute approximate surface area is 212 Å². The maximum atomic E-state index is 13.5. The summed E-state index contributed by atoms with van der Waals surface area (Å²) in [6, 6.07) is 8.72. The van der Waals surface area contributed by atoms with Crippen molar-refractivity contribution >= 4 is 29.8 Å². The highest BCUT2D eigenvalue weighted by atomic mass is 32.2. The van der Waals surface area contributed by atoms with Gasteiger partial charge in [0.1, 0.15) is 33.9 Å². The number of rotatable bonds is 7. The summed E-state index contributed by atoms with van der Waals surface area (Å²) in [6.45, 7) is 10.6. The molecule has 12 heteroatoms. The highest BCUT2D eigenvalue weighted by Gasteiger charge is 2.47. The van der Waals surface area contributed by atoms with Crippen LogP contribution in [0.5, 0.6) is 0 Å². The maximum absolute atomic E-state index is 13.5. The van der Waals surface area contributed by atoms with Crippen molar-refractivity contribution < 1.29 is 22.4 Å². The van der Waals surface area contributed by atoms with Crippen LogP contribution in [-0.4, -0.2) is 66.3 Å². The molecule has 1 aromatic rings. The maximum Gasteiger partial charge on any atom is 0.228 e. The molecular weight excluding hydrogens is 498 g/mol. The van der Waals surface area contributed by atoms with Gasteiger partial charge in [-0.05, 0) is 18.1 Å². The number of anilines is 1.